The van der Waals surface area contributed by atoms with Crippen molar-refractivity contribution in [3.63, 3.8) is 0 Å². The molecule has 10 nitrogen and oxygen atoms in total. The van der Waals surface area contributed by atoms with Crippen molar-refractivity contribution in [2.45, 2.75) is 90.3 Å². The number of ether oxygens (including phenoxy) is 2. The van der Waals surface area contributed by atoms with E-state index in [1.54, 1.807) is 6.07 Å². The molecular weight excluding hydrogens is 901 g/mol. The van der Waals surface area contributed by atoms with Gasteiger partial charge in [-0.2, -0.15) is 0 Å². The van der Waals surface area contributed by atoms with Crippen molar-refractivity contribution in [2.24, 2.45) is 57.3 Å². The Hall–Kier alpha value is -5.50. The fourth-order valence-electron chi connectivity index (χ4n) is 12.7. The molecule has 6 aromatic rings. The van der Waals surface area contributed by atoms with Gasteiger partial charge in [-0.25, -0.2) is 19.6 Å². The van der Waals surface area contributed by atoms with Crippen molar-refractivity contribution < 1.29 is 38.2 Å². The molecule has 12 rings (SSSR count). The second-order valence-electron chi connectivity index (χ2n) is 19.6. The first-order valence-electron chi connectivity index (χ1n) is 23.9. The summed E-state index contributed by atoms with van der Waals surface area (Å²) in [6, 6.07) is 22.3. The molecule has 3 aromatic heterocycles. The van der Waals surface area contributed by atoms with E-state index in [9.17, 15) is 28.8 Å². The normalized spacial score (nSPS) is 27.0. The van der Waals surface area contributed by atoms with E-state index < -0.39 is 11.9 Å². The van der Waals surface area contributed by atoms with Crippen LogP contribution in [0.2, 0.25) is 0 Å². The summed E-state index contributed by atoms with van der Waals surface area (Å²) < 4.78 is 14.4. The first-order valence-corrected chi connectivity index (χ1v) is 26.3. The summed E-state index contributed by atoms with van der Waals surface area (Å²) in [6.45, 7) is -0.00770. The van der Waals surface area contributed by atoms with E-state index in [1.165, 1.54) is 35.5 Å². The molecule has 6 saturated carbocycles. The molecule has 13 heteroatoms. The molecule has 8 atom stereocenters. The summed E-state index contributed by atoms with van der Waals surface area (Å²) in [5.74, 6) is -1.53. The zero-order valence-corrected chi connectivity index (χ0v) is 39.3. The lowest BCUT2D eigenvalue weighted by Gasteiger charge is -2.39. The Kier molecular flexibility index (Phi) is 11.0. The van der Waals surface area contributed by atoms with E-state index in [0.29, 0.717) is 71.4 Å². The van der Waals surface area contributed by atoms with Crippen molar-refractivity contribution >= 4 is 120 Å². The molecule has 3 aromatic carbocycles. The molecular formula is C54H48N2O8S3. The van der Waals surface area contributed by atoms with Crippen LogP contribution < -0.4 is 0 Å². The van der Waals surface area contributed by atoms with Crippen LogP contribution in [0.1, 0.15) is 109 Å². The number of aliphatic imine (C=N–C) groups is 2. The Morgan fingerprint density at radius 3 is 1.39 bits per heavy atom. The van der Waals surface area contributed by atoms with E-state index in [2.05, 4.69) is 0 Å². The quantitative estimate of drug-likeness (QED) is 0.137. The fraction of sp³-hybridized carbons (Fsp3) is 0.407. The average Bonchev–Trinajstić information content (AvgIpc) is 4.14. The number of Topliss-reactive ketones (excluding diaryl/α,β-unsaturated/α-hetero) is 4. The number of benzene rings is 3. The molecule has 8 unspecified atom stereocenters. The first-order chi connectivity index (χ1) is 32.7. The molecule has 0 N–H and O–H groups in total. The van der Waals surface area contributed by atoms with Gasteiger partial charge in [0.1, 0.15) is 23.2 Å². The van der Waals surface area contributed by atoms with E-state index in [0.717, 1.165) is 78.5 Å². The van der Waals surface area contributed by atoms with Crippen LogP contribution in [0.25, 0.3) is 29.6 Å². The lowest BCUT2D eigenvalue weighted by Crippen LogP contribution is -2.35. The zero-order chi connectivity index (χ0) is 45.5. The number of ketones is 4. The van der Waals surface area contributed by atoms with Crippen LogP contribution in [0, 0.1) is 47.3 Å². The van der Waals surface area contributed by atoms with Gasteiger partial charge in [-0.1, -0.05) is 112 Å². The van der Waals surface area contributed by atoms with Gasteiger partial charge in [-0.15, -0.1) is 34.0 Å². The molecule has 67 heavy (non-hydrogen) atoms. The highest BCUT2D eigenvalue weighted by molar-refractivity contribution is 7.34. The van der Waals surface area contributed by atoms with Gasteiger partial charge in [0.15, 0.2) is 34.6 Å². The molecule has 340 valence electrons. The molecule has 6 fully saturated rings. The zero-order valence-electron chi connectivity index (χ0n) is 36.8. The second kappa shape index (κ2) is 17.2. The third-order valence-electron chi connectivity index (χ3n) is 15.9. The van der Waals surface area contributed by atoms with Crippen LogP contribution in [-0.4, -0.2) is 46.5 Å². The highest BCUT2D eigenvalue weighted by atomic mass is 32.1. The number of fused-ring (bicyclic) bond motifs is 8. The van der Waals surface area contributed by atoms with Crippen molar-refractivity contribution in [3.8, 4) is 0 Å². The molecule has 6 aliphatic carbocycles. The molecule has 0 aliphatic heterocycles. The van der Waals surface area contributed by atoms with E-state index in [1.807, 2.05) is 66.7 Å². The lowest BCUT2D eigenvalue weighted by molar-refractivity contribution is -0.123. The van der Waals surface area contributed by atoms with Crippen molar-refractivity contribution in [3.05, 3.63) is 95.1 Å². The van der Waals surface area contributed by atoms with Gasteiger partial charge >= 0.3 is 11.9 Å². The number of hydrogen-bond acceptors (Lipinski definition) is 13. The van der Waals surface area contributed by atoms with Crippen LogP contribution in [0.5, 0.6) is 0 Å². The Bertz CT molecular complexity index is 3060. The Balaban J connectivity index is 0.992. The van der Waals surface area contributed by atoms with Crippen molar-refractivity contribution in [2.75, 3.05) is 0 Å². The van der Waals surface area contributed by atoms with E-state index in [4.69, 9.17) is 19.5 Å². The maximum atomic E-state index is 14.8. The number of carbonyl (C=O) groups is 6. The number of rotatable bonds is 8. The number of nitrogens with zero attached hydrogens (tertiary/aromatic N) is 2. The SMILES string of the molecule is O=C(OCc1ccccc1)c1c2cc(N=C3C(=O)C4CC5CCCCC5CC4C3=O)sc2c(C(=O)OCc2ccccc2)c2c1sc1cc(N=C3C(=O)C4CC5CCCCC5CC4C3=O)sc12. The summed E-state index contributed by atoms with van der Waals surface area (Å²) in [5.41, 5.74) is 2.00. The van der Waals surface area contributed by atoms with E-state index >= 15 is 0 Å². The number of hydrogen-bond donors (Lipinski definition) is 0. The third-order valence-corrected chi connectivity index (χ3v) is 19.3. The van der Waals surface area contributed by atoms with E-state index in [-0.39, 0.29) is 82.6 Å². The average molecular weight is 949 g/mol. The summed E-state index contributed by atoms with van der Waals surface area (Å²) in [6.07, 6.45) is 12.0. The number of carbonyl (C=O) groups excluding carboxylic acids is 6. The van der Waals surface area contributed by atoms with Crippen LogP contribution >= 0.6 is 34.0 Å². The van der Waals surface area contributed by atoms with Gasteiger partial charge in [-0.05, 0) is 72.6 Å². The Labute approximate surface area is 398 Å². The van der Waals surface area contributed by atoms with Gasteiger partial charge in [0, 0.05) is 39.1 Å². The summed E-state index contributed by atoms with van der Waals surface area (Å²) >= 11 is 3.70. The molecule has 0 radical (unpaired) electrons. The summed E-state index contributed by atoms with van der Waals surface area (Å²) in [5, 5.41) is 1.66. The molecule has 0 saturated heterocycles. The monoisotopic (exact) mass is 948 g/mol. The van der Waals surface area contributed by atoms with Crippen LogP contribution in [0.15, 0.2) is 82.8 Å². The number of thiophene rings is 3. The van der Waals surface area contributed by atoms with Crippen molar-refractivity contribution in [1.29, 1.82) is 0 Å². The number of esters is 2. The van der Waals surface area contributed by atoms with Gasteiger partial charge in [0.25, 0.3) is 0 Å². The predicted molar refractivity (Wildman–Crippen MR) is 261 cm³/mol. The predicted octanol–water partition coefficient (Wildman–Crippen LogP) is 12.2. The molecule has 0 bridgehead atoms. The Morgan fingerprint density at radius 2 is 0.925 bits per heavy atom. The maximum absolute atomic E-state index is 14.8. The van der Waals surface area contributed by atoms with Gasteiger partial charge in [-0.3, -0.25) is 19.2 Å². The summed E-state index contributed by atoms with van der Waals surface area (Å²) in [4.78, 5) is 95.1. The topological polar surface area (TPSA) is 146 Å². The van der Waals surface area contributed by atoms with Gasteiger partial charge < -0.3 is 9.47 Å². The third kappa shape index (κ3) is 7.47. The van der Waals surface area contributed by atoms with Gasteiger partial charge in [0.2, 0.25) is 0 Å². The van der Waals surface area contributed by atoms with Gasteiger partial charge in [0.05, 0.1) is 25.2 Å². The van der Waals surface area contributed by atoms with Crippen LogP contribution in [0.4, 0.5) is 10.0 Å². The largest absolute Gasteiger partial charge is 0.457 e. The highest BCUT2D eigenvalue weighted by Gasteiger charge is 2.53. The first kappa shape index (κ1) is 42.8. The summed E-state index contributed by atoms with van der Waals surface area (Å²) in [7, 11) is 0. The van der Waals surface area contributed by atoms with Crippen molar-refractivity contribution in [1.82, 2.24) is 0 Å². The molecule has 0 spiro atoms. The molecule has 3 heterocycles. The Morgan fingerprint density at radius 1 is 0.507 bits per heavy atom. The molecule has 0 amide bonds. The minimum absolute atomic E-state index is 0.00349. The highest BCUT2D eigenvalue weighted by Crippen LogP contribution is 2.53. The van der Waals surface area contributed by atoms with Crippen LogP contribution in [0.3, 0.4) is 0 Å². The smallest absolute Gasteiger partial charge is 0.340 e. The minimum Gasteiger partial charge on any atom is -0.457 e. The minimum atomic E-state index is -0.626. The van der Waals surface area contributed by atoms with Crippen LogP contribution in [-0.2, 0) is 41.9 Å². The second-order valence-corrected chi connectivity index (χ2v) is 22.8. The fourth-order valence-corrected chi connectivity index (χ4v) is 16.3. The lowest BCUT2D eigenvalue weighted by atomic mass is 9.64. The maximum Gasteiger partial charge on any atom is 0.340 e. The molecule has 6 aliphatic rings. The standard InChI is InChI=1S/C54H48N2O8S3/c57-46-33-19-29-15-7-8-16-30(29)20-34(33)47(58)44(46)55-39-23-37-41(53(61)63-25-27-11-3-1-4-12-27)52-42(43(50(37)66-39)54(62)64-26-28-13-5-2-6-14-28)51-38(65-52)24-40(67-51)56-45-48(59)35-21-31-17-9-10-18-32(31)22-36(35)49(45)60/h1-6,11-14,23-24,29-36H,7-10,15-22,25-26H2.